The molecule has 0 aliphatic carbocycles. The zero-order chi connectivity index (χ0) is 8.39. The lowest BCUT2D eigenvalue weighted by Crippen LogP contribution is -2.37. The Balaban J connectivity index is 2.23. The molecule has 0 fully saturated rings. The quantitative estimate of drug-likeness (QED) is 0.661. The van der Waals surface area contributed by atoms with Crippen molar-refractivity contribution >= 4 is 16.9 Å². The Morgan fingerprint density at radius 1 is 1.67 bits per heavy atom. The summed E-state index contributed by atoms with van der Waals surface area (Å²) < 4.78 is 0. The summed E-state index contributed by atoms with van der Waals surface area (Å²) in [5, 5.41) is 3.26. The third-order valence-corrected chi connectivity index (χ3v) is 2.71. The van der Waals surface area contributed by atoms with Gasteiger partial charge >= 0.3 is 0 Å². The second-order valence-corrected chi connectivity index (χ2v) is 3.74. The van der Waals surface area contributed by atoms with Gasteiger partial charge in [-0.25, -0.2) is 0 Å². The van der Waals surface area contributed by atoms with Gasteiger partial charge in [0.25, 0.3) is 0 Å². The molecule has 0 saturated heterocycles. The van der Waals surface area contributed by atoms with E-state index < -0.39 is 0 Å². The fourth-order valence-corrected chi connectivity index (χ4v) is 1.94. The fraction of sp³-hybridized carbons (Fsp3) is 0.375. The van der Waals surface area contributed by atoms with Crippen LogP contribution >= 0.6 is 11.3 Å². The molecule has 0 bridgehead atoms. The van der Waals surface area contributed by atoms with E-state index in [1.54, 1.807) is 11.3 Å². The highest BCUT2D eigenvalue weighted by molar-refractivity contribution is 7.10. The summed E-state index contributed by atoms with van der Waals surface area (Å²) in [6.07, 6.45) is 4.00. The van der Waals surface area contributed by atoms with Crippen LogP contribution in [-0.2, 0) is 0 Å². The fourth-order valence-electron chi connectivity index (χ4n) is 1.29. The van der Waals surface area contributed by atoms with E-state index in [4.69, 9.17) is 5.73 Å². The van der Waals surface area contributed by atoms with Gasteiger partial charge in [0.15, 0.2) is 0 Å². The van der Waals surface area contributed by atoms with E-state index in [1.807, 2.05) is 11.7 Å². The van der Waals surface area contributed by atoms with E-state index in [9.17, 15) is 0 Å². The van der Waals surface area contributed by atoms with Crippen molar-refractivity contribution in [3.63, 3.8) is 0 Å². The summed E-state index contributed by atoms with van der Waals surface area (Å²) in [6.45, 7) is 1.79. The average molecular weight is 181 g/mol. The molecule has 4 heteroatoms. The van der Waals surface area contributed by atoms with Gasteiger partial charge in [0.1, 0.15) is 0 Å². The first-order valence-corrected chi connectivity index (χ1v) is 4.80. The van der Waals surface area contributed by atoms with E-state index in [0.29, 0.717) is 0 Å². The van der Waals surface area contributed by atoms with Crippen LogP contribution in [0, 0.1) is 0 Å². The van der Waals surface area contributed by atoms with Crippen molar-refractivity contribution in [2.75, 3.05) is 13.1 Å². The summed E-state index contributed by atoms with van der Waals surface area (Å²) in [7, 11) is 0. The Hall–Kier alpha value is -0.710. The highest BCUT2D eigenvalue weighted by atomic mass is 32.1. The zero-order valence-electron chi connectivity index (χ0n) is 6.66. The first-order valence-electron chi connectivity index (χ1n) is 3.92. The van der Waals surface area contributed by atoms with Crippen molar-refractivity contribution in [1.82, 2.24) is 10.3 Å². The van der Waals surface area contributed by atoms with E-state index in [1.165, 1.54) is 10.5 Å². The summed E-state index contributed by atoms with van der Waals surface area (Å²) >= 11 is 1.66. The number of nitrogens with zero attached hydrogens (tertiary/aromatic N) is 1. The molecule has 64 valence electrons. The van der Waals surface area contributed by atoms with Crippen LogP contribution < -0.4 is 11.1 Å². The summed E-state index contributed by atoms with van der Waals surface area (Å²) in [5.41, 5.74) is 8.89. The lowest BCUT2D eigenvalue weighted by atomic mass is 10.1. The maximum absolute atomic E-state index is 5.78. The third-order valence-electron chi connectivity index (χ3n) is 1.86. The Morgan fingerprint density at radius 2 is 2.58 bits per heavy atom. The molecule has 0 amide bonds. The van der Waals surface area contributed by atoms with Crippen LogP contribution in [0.4, 0.5) is 0 Å². The van der Waals surface area contributed by atoms with Crippen molar-refractivity contribution in [2.45, 2.75) is 6.04 Å². The summed E-state index contributed by atoms with van der Waals surface area (Å²) in [6, 6.07) is 0.149. The van der Waals surface area contributed by atoms with Crippen LogP contribution in [0.15, 0.2) is 17.8 Å². The van der Waals surface area contributed by atoms with Crippen molar-refractivity contribution in [2.24, 2.45) is 5.73 Å². The third kappa shape index (κ3) is 1.55. The van der Waals surface area contributed by atoms with E-state index >= 15 is 0 Å². The minimum atomic E-state index is 0.149. The van der Waals surface area contributed by atoms with Gasteiger partial charge in [-0.2, -0.15) is 0 Å². The minimum Gasteiger partial charge on any atom is -0.323 e. The molecular formula is C8H11N3S. The zero-order valence-corrected chi connectivity index (χ0v) is 7.47. The second kappa shape index (κ2) is 3.35. The van der Waals surface area contributed by atoms with Gasteiger partial charge < -0.3 is 11.1 Å². The first-order chi connectivity index (χ1) is 5.86. The van der Waals surface area contributed by atoms with Crippen molar-refractivity contribution in [1.29, 1.82) is 0 Å². The molecule has 0 radical (unpaired) electrons. The van der Waals surface area contributed by atoms with Gasteiger partial charge in [0.2, 0.25) is 0 Å². The summed E-state index contributed by atoms with van der Waals surface area (Å²) in [4.78, 5) is 5.25. The molecular weight excluding hydrogens is 170 g/mol. The molecule has 1 aliphatic heterocycles. The van der Waals surface area contributed by atoms with Gasteiger partial charge in [-0.1, -0.05) is 6.08 Å². The lowest BCUT2D eigenvalue weighted by molar-refractivity contribution is 0.663. The molecule has 3 nitrogen and oxygen atoms in total. The normalized spacial score (nSPS) is 23.8. The summed E-state index contributed by atoms with van der Waals surface area (Å²) in [5.74, 6) is 0. The number of aromatic nitrogens is 1. The van der Waals surface area contributed by atoms with Gasteiger partial charge in [-0.05, 0) is 5.57 Å². The van der Waals surface area contributed by atoms with Gasteiger partial charge in [0, 0.05) is 25.3 Å². The molecule has 1 atom stereocenters. The molecule has 1 aliphatic rings. The largest absolute Gasteiger partial charge is 0.323 e. The SMILES string of the molecule is NC1C=C(c2cncs2)CNC1. The number of hydrogen-bond acceptors (Lipinski definition) is 4. The molecule has 2 heterocycles. The topological polar surface area (TPSA) is 50.9 Å². The van der Waals surface area contributed by atoms with Crippen LogP contribution in [0.1, 0.15) is 4.88 Å². The van der Waals surface area contributed by atoms with Crippen molar-refractivity contribution in [3.8, 4) is 0 Å². The molecule has 0 aromatic carbocycles. The molecule has 3 N–H and O–H groups in total. The van der Waals surface area contributed by atoms with Gasteiger partial charge in [-0.15, -0.1) is 11.3 Å². The first kappa shape index (κ1) is 7.91. The van der Waals surface area contributed by atoms with E-state index in [0.717, 1.165) is 13.1 Å². The van der Waals surface area contributed by atoms with E-state index in [2.05, 4.69) is 16.4 Å². The standard InChI is InChI=1S/C8H11N3S/c9-7-1-6(2-10-3-7)8-4-11-5-12-8/h1,4-5,7,10H,2-3,9H2. The predicted molar refractivity (Wildman–Crippen MR) is 50.9 cm³/mol. The monoisotopic (exact) mass is 181 g/mol. The molecule has 0 saturated carbocycles. The number of nitrogens with one attached hydrogen (secondary N) is 1. The number of rotatable bonds is 1. The Bertz CT molecular complexity index is 279. The van der Waals surface area contributed by atoms with Gasteiger partial charge in [0.05, 0.1) is 10.4 Å². The highest BCUT2D eigenvalue weighted by Gasteiger charge is 2.11. The minimum absolute atomic E-state index is 0.149. The molecule has 1 unspecified atom stereocenters. The second-order valence-electron chi connectivity index (χ2n) is 2.85. The van der Waals surface area contributed by atoms with E-state index in [-0.39, 0.29) is 6.04 Å². The van der Waals surface area contributed by atoms with Crippen LogP contribution in [0.5, 0.6) is 0 Å². The van der Waals surface area contributed by atoms with Crippen LogP contribution in [0.3, 0.4) is 0 Å². The lowest BCUT2D eigenvalue weighted by Gasteiger charge is -2.17. The molecule has 2 rings (SSSR count). The molecule has 1 aromatic rings. The van der Waals surface area contributed by atoms with Crippen molar-refractivity contribution < 1.29 is 0 Å². The maximum Gasteiger partial charge on any atom is 0.0797 e. The average Bonchev–Trinajstić information content (AvgIpc) is 2.56. The Labute approximate surface area is 75.3 Å². The molecule has 0 spiro atoms. The molecule has 1 aromatic heterocycles. The Kier molecular flexibility index (Phi) is 2.21. The highest BCUT2D eigenvalue weighted by Crippen LogP contribution is 2.19. The Morgan fingerprint density at radius 3 is 3.25 bits per heavy atom. The number of nitrogens with two attached hydrogens (primary N) is 1. The molecule has 12 heavy (non-hydrogen) atoms. The maximum atomic E-state index is 5.78. The van der Waals surface area contributed by atoms with Gasteiger partial charge in [-0.3, -0.25) is 4.98 Å². The van der Waals surface area contributed by atoms with Crippen molar-refractivity contribution in [3.05, 3.63) is 22.7 Å². The van der Waals surface area contributed by atoms with Crippen LogP contribution in [0.25, 0.3) is 5.57 Å². The smallest absolute Gasteiger partial charge is 0.0797 e. The van der Waals surface area contributed by atoms with Crippen LogP contribution in [0.2, 0.25) is 0 Å². The number of hydrogen-bond donors (Lipinski definition) is 2. The number of thiazole rings is 1. The van der Waals surface area contributed by atoms with Crippen LogP contribution in [-0.4, -0.2) is 24.1 Å². The predicted octanol–water partition coefficient (Wildman–Crippen LogP) is 0.457.